The van der Waals surface area contributed by atoms with Gasteiger partial charge in [0, 0.05) is 18.6 Å². The molecule has 0 amide bonds. The van der Waals surface area contributed by atoms with E-state index >= 15 is 0 Å². The lowest BCUT2D eigenvalue weighted by Gasteiger charge is -2.40. The number of hydrogen-bond donors (Lipinski definition) is 0. The molecule has 2 rings (SSSR count). The maximum absolute atomic E-state index is 12.5. The van der Waals surface area contributed by atoms with Crippen molar-refractivity contribution in [3.63, 3.8) is 0 Å². The van der Waals surface area contributed by atoms with Crippen molar-refractivity contribution in [2.24, 2.45) is 5.92 Å². The molecule has 2 heteroatoms. The van der Waals surface area contributed by atoms with E-state index in [1.54, 1.807) is 7.11 Å². The third-order valence-electron chi connectivity index (χ3n) is 4.35. The van der Waals surface area contributed by atoms with Crippen molar-refractivity contribution in [1.82, 2.24) is 0 Å². The summed E-state index contributed by atoms with van der Waals surface area (Å²) in [5.41, 5.74) is 0.553. The molecule has 0 spiro atoms. The highest BCUT2D eigenvalue weighted by molar-refractivity contribution is 5.98. The zero-order chi connectivity index (χ0) is 13.0. The van der Waals surface area contributed by atoms with Gasteiger partial charge >= 0.3 is 0 Å². The van der Waals surface area contributed by atoms with Gasteiger partial charge in [-0.15, -0.1) is 0 Å². The lowest BCUT2D eigenvalue weighted by atomic mass is 9.73. The summed E-state index contributed by atoms with van der Waals surface area (Å²) in [6.07, 6.45) is 5.60. The fourth-order valence-corrected chi connectivity index (χ4v) is 3.06. The van der Waals surface area contributed by atoms with E-state index in [9.17, 15) is 4.79 Å². The molecule has 1 atom stereocenters. The lowest BCUT2D eigenvalue weighted by molar-refractivity contribution is -0.0686. The Balaban J connectivity index is 2.19. The molecule has 18 heavy (non-hydrogen) atoms. The Morgan fingerprint density at radius 2 is 1.78 bits per heavy atom. The monoisotopic (exact) mass is 246 g/mol. The van der Waals surface area contributed by atoms with Gasteiger partial charge in [-0.05, 0) is 12.8 Å². The Morgan fingerprint density at radius 1 is 1.17 bits per heavy atom. The van der Waals surface area contributed by atoms with Gasteiger partial charge in [-0.3, -0.25) is 4.79 Å². The zero-order valence-electron chi connectivity index (χ0n) is 11.3. The van der Waals surface area contributed by atoms with E-state index < -0.39 is 0 Å². The molecule has 0 aliphatic heterocycles. The Morgan fingerprint density at radius 3 is 2.33 bits per heavy atom. The van der Waals surface area contributed by atoms with Gasteiger partial charge in [0.05, 0.1) is 5.60 Å². The number of hydrogen-bond acceptors (Lipinski definition) is 2. The van der Waals surface area contributed by atoms with E-state index in [-0.39, 0.29) is 17.3 Å². The molecule has 0 heterocycles. The second-order valence-corrected chi connectivity index (χ2v) is 5.28. The number of carbonyl (C=O) groups is 1. The first-order chi connectivity index (χ1) is 8.69. The van der Waals surface area contributed by atoms with E-state index in [0.29, 0.717) is 0 Å². The zero-order valence-corrected chi connectivity index (χ0v) is 11.3. The van der Waals surface area contributed by atoms with Crippen LogP contribution < -0.4 is 0 Å². The first-order valence-corrected chi connectivity index (χ1v) is 6.84. The van der Waals surface area contributed by atoms with Crippen LogP contribution in [0.1, 0.15) is 49.4 Å². The first-order valence-electron chi connectivity index (χ1n) is 6.84. The molecular formula is C16H22O2. The summed E-state index contributed by atoms with van der Waals surface area (Å²) in [5, 5.41) is 0. The summed E-state index contributed by atoms with van der Waals surface area (Å²) in [5.74, 6) is 0.143. The molecule has 0 aromatic heterocycles. The maximum atomic E-state index is 12.5. The molecule has 1 unspecified atom stereocenters. The second kappa shape index (κ2) is 5.66. The molecule has 0 radical (unpaired) electrons. The second-order valence-electron chi connectivity index (χ2n) is 5.28. The molecule has 1 aromatic rings. The van der Waals surface area contributed by atoms with Crippen molar-refractivity contribution < 1.29 is 9.53 Å². The topological polar surface area (TPSA) is 26.3 Å². The number of ketones is 1. The highest BCUT2D eigenvalue weighted by Crippen LogP contribution is 2.38. The summed E-state index contributed by atoms with van der Waals surface area (Å²) in [7, 11) is 1.75. The van der Waals surface area contributed by atoms with Crippen molar-refractivity contribution in [3.8, 4) is 0 Å². The number of rotatable bonds is 4. The number of benzene rings is 1. The van der Waals surface area contributed by atoms with Crippen LogP contribution in [0.25, 0.3) is 0 Å². The Hall–Kier alpha value is -1.15. The van der Waals surface area contributed by atoms with E-state index in [2.05, 4.69) is 0 Å². The molecule has 0 N–H and O–H groups in total. The predicted octanol–water partition coefficient (Wildman–Crippen LogP) is 3.85. The average Bonchev–Trinajstić information content (AvgIpc) is 2.47. The van der Waals surface area contributed by atoms with E-state index in [4.69, 9.17) is 4.74 Å². The smallest absolute Gasteiger partial charge is 0.168 e. The van der Waals surface area contributed by atoms with Crippen LogP contribution in [-0.2, 0) is 4.74 Å². The highest BCUT2D eigenvalue weighted by atomic mass is 16.5. The van der Waals surface area contributed by atoms with Gasteiger partial charge in [0.1, 0.15) is 0 Å². The Bertz CT molecular complexity index is 391. The van der Waals surface area contributed by atoms with Gasteiger partial charge in [-0.1, -0.05) is 56.5 Å². The fraction of sp³-hybridized carbons (Fsp3) is 0.562. The Kier molecular flexibility index (Phi) is 4.18. The van der Waals surface area contributed by atoms with Crippen LogP contribution in [0.15, 0.2) is 30.3 Å². The van der Waals surface area contributed by atoms with E-state index in [1.807, 2.05) is 37.3 Å². The number of Topliss-reactive ketones (excluding diaryl/α,β-unsaturated/α-hetero) is 1. The molecule has 1 aliphatic rings. The van der Waals surface area contributed by atoms with Gasteiger partial charge in [-0.25, -0.2) is 0 Å². The van der Waals surface area contributed by atoms with Crippen LogP contribution in [0.4, 0.5) is 0 Å². The third kappa shape index (κ3) is 2.49. The van der Waals surface area contributed by atoms with Crippen molar-refractivity contribution in [1.29, 1.82) is 0 Å². The van der Waals surface area contributed by atoms with Gasteiger partial charge < -0.3 is 4.74 Å². The van der Waals surface area contributed by atoms with Gasteiger partial charge in [-0.2, -0.15) is 0 Å². The van der Waals surface area contributed by atoms with Crippen LogP contribution in [-0.4, -0.2) is 18.5 Å². The number of carbonyl (C=O) groups excluding carboxylic acids is 1. The average molecular weight is 246 g/mol. The summed E-state index contributed by atoms with van der Waals surface area (Å²) < 4.78 is 5.76. The van der Waals surface area contributed by atoms with Crippen molar-refractivity contribution >= 4 is 5.78 Å². The number of ether oxygens (including phenoxy) is 1. The van der Waals surface area contributed by atoms with Gasteiger partial charge in [0.2, 0.25) is 0 Å². The van der Waals surface area contributed by atoms with Crippen molar-refractivity contribution in [3.05, 3.63) is 35.9 Å². The predicted molar refractivity (Wildman–Crippen MR) is 72.8 cm³/mol. The largest absolute Gasteiger partial charge is 0.377 e. The molecule has 2 nitrogen and oxygen atoms in total. The summed E-state index contributed by atoms with van der Waals surface area (Å²) in [6, 6.07) is 9.56. The van der Waals surface area contributed by atoms with Crippen molar-refractivity contribution in [2.75, 3.05) is 7.11 Å². The minimum Gasteiger partial charge on any atom is -0.377 e. The van der Waals surface area contributed by atoms with Crippen LogP contribution in [0.3, 0.4) is 0 Å². The summed E-state index contributed by atoms with van der Waals surface area (Å²) in [4.78, 5) is 12.5. The number of methoxy groups -OCH3 is 1. The van der Waals surface area contributed by atoms with Crippen LogP contribution >= 0.6 is 0 Å². The molecule has 1 aromatic carbocycles. The van der Waals surface area contributed by atoms with Gasteiger partial charge in [0.25, 0.3) is 0 Å². The fourth-order valence-electron chi connectivity index (χ4n) is 3.06. The van der Waals surface area contributed by atoms with Crippen LogP contribution in [0.2, 0.25) is 0 Å². The third-order valence-corrected chi connectivity index (χ3v) is 4.35. The SMILES string of the molecule is COC1(C(C)C(=O)c2ccccc2)CCCCC1. The summed E-state index contributed by atoms with van der Waals surface area (Å²) >= 11 is 0. The summed E-state index contributed by atoms with van der Waals surface area (Å²) in [6.45, 7) is 2.02. The molecule has 1 fully saturated rings. The highest BCUT2D eigenvalue weighted by Gasteiger charge is 2.41. The molecule has 1 saturated carbocycles. The van der Waals surface area contributed by atoms with E-state index in [0.717, 1.165) is 18.4 Å². The van der Waals surface area contributed by atoms with Gasteiger partial charge in [0.15, 0.2) is 5.78 Å². The molecule has 98 valence electrons. The van der Waals surface area contributed by atoms with Crippen molar-refractivity contribution in [2.45, 2.75) is 44.6 Å². The molecule has 0 saturated heterocycles. The standard InChI is InChI=1S/C16H22O2/c1-13(15(17)14-9-5-3-6-10-14)16(18-2)11-7-4-8-12-16/h3,5-6,9-10,13H,4,7-8,11-12H2,1-2H3. The molecule has 1 aliphatic carbocycles. The minimum atomic E-state index is -0.245. The normalized spacial score (nSPS) is 20.3. The van der Waals surface area contributed by atoms with Crippen LogP contribution in [0, 0.1) is 5.92 Å². The minimum absolute atomic E-state index is 0.0646. The quantitative estimate of drug-likeness (QED) is 0.754. The Labute approximate surface area is 109 Å². The molecular weight excluding hydrogens is 224 g/mol. The lowest BCUT2D eigenvalue weighted by Crippen LogP contribution is -2.44. The van der Waals surface area contributed by atoms with Crippen LogP contribution in [0.5, 0.6) is 0 Å². The first kappa shape index (κ1) is 13.3. The maximum Gasteiger partial charge on any atom is 0.168 e. The van der Waals surface area contributed by atoms with E-state index in [1.165, 1.54) is 19.3 Å². The molecule has 0 bridgehead atoms.